The average molecular weight is 203 g/mol. The van der Waals surface area contributed by atoms with Crippen LogP contribution in [0.5, 0.6) is 5.75 Å². The normalized spacial score (nSPS) is 13.7. The first kappa shape index (κ1) is 11.4. The Balaban J connectivity index is 3.11. The Morgan fingerprint density at radius 2 is 1.80 bits per heavy atom. The molecule has 1 aromatic carbocycles. The number of aromatic hydroxyl groups is 1. The van der Waals surface area contributed by atoms with E-state index in [1.165, 1.54) is 0 Å². The van der Waals surface area contributed by atoms with Crippen LogP contribution in [-0.2, 0) is 0 Å². The monoisotopic (exact) mass is 203 g/mol. The topological polar surface area (TPSA) is 46.2 Å². The summed E-state index contributed by atoms with van der Waals surface area (Å²) in [6, 6.07) is 7.28. The Kier molecular flexibility index (Phi) is 3.56. The van der Waals surface area contributed by atoms with Gasteiger partial charge in [-0.3, -0.25) is 0 Å². The van der Waals surface area contributed by atoms with Crippen LogP contribution in [0.4, 0.5) is 0 Å². The minimum Gasteiger partial charge on any atom is -0.507 e. The van der Waals surface area contributed by atoms with E-state index in [4.69, 9.17) is 5.73 Å². The molecule has 0 radical (unpaired) electrons. The van der Waals surface area contributed by atoms with Crippen LogP contribution in [0, 0.1) is 0 Å². The second-order valence-electron chi connectivity index (χ2n) is 3.71. The summed E-state index contributed by atoms with van der Waals surface area (Å²) in [5, 5.41) is 9.64. The lowest BCUT2D eigenvalue weighted by Crippen LogP contribution is -1.94. The summed E-state index contributed by atoms with van der Waals surface area (Å²) in [6.07, 6.45) is 1.98. The van der Waals surface area contributed by atoms with E-state index in [1.807, 2.05) is 45.0 Å². The van der Waals surface area contributed by atoms with Gasteiger partial charge >= 0.3 is 0 Å². The first-order valence-electron chi connectivity index (χ1n) is 4.92. The van der Waals surface area contributed by atoms with E-state index in [1.54, 1.807) is 6.07 Å². The van der Waals surface area contributed by atoms with Gasteiger partial charge in [0.2, 0.25) is 0 Å². The standard InChI is InChI=1S/C13H17NO/c1-9(11(3)14)8-10(2)12-6-4-5-7-13(12)15/h4-8,15H,14H2,1-3H3/b10-8+,11-9+. The minimum absolute atomic E-state index is 0.300. The number of allylic oxidation sites excluding steroid dienone is 4. The molecule has 2 heteroatoms. The molecule has 0 spiro atoms. The third-order valence-electron chi connectivity index (χ3n) is 2.38. The Bertz CT molecular complexity index is 412. The van der Waals surface area contributed by atoms with Crippen LogP contribution in [0.15, 0.2) is 41.6 Å². The van der Waals surface area contributed by atoms with Gasteiger partial charge in [-0.15, -0.1) is 0 Å². The van der Waals surface area contributed by atoms with Gasteiger partial charge in [-0.25, -0.2) is 0 Å². The van der Waals surface area contributed by atoms with E-state index in [0.29, 0.717) is 5.75 Å². The third-order valence-corrected chi connectivity index (χ3v) is 2.38. The maximum atomic E-state index is 9.64. The SMILES string of the molecule is C/C(=C\C(C)=C(/C)N)c1ccccc1O. The van der Waals surface area contributed by atoms with Gasteiger partial charge in [0, 0.05) is 11.3 Å². The van der Waals surface area contributed by atoms with Crippen molar-refractivity contribution in [3.63, 3.8) is 0 Å². The molecule has 0 heterocycles. The molecule has 0 aliphatic carbocycles. The zero-order valence-corrected chi connectivity index (χ0v) is 9.41. The molecule has 0 amide bonds. The zero-order chi connectivity index (χ0) is 11.4. The van der Waals surface area contributed by atoms with Crippen molar-refractivity contribution in [2.75, 3.05) is 0 Å². The summed E-state index contributed by atoms with van der Waals surface area (Å²) in [7, 11) is 0. The van der Waals surface area contributed by atoms with Gasteiger partial charge in [0.05, 0.1) is 0 Å². The number of nitrogens with two attached hydrogens (primary N) is 1. The van der Waals surface area contributed by atoms with Gasteiger partial charge in [0.15, 0.2) is 0 Å². The van der Waals surface area contributed by atoms with E-state index in [-0.39, 0.29) is 0 Å². The molecule has 0 aliphatic rings. The van der Waals surface area contributed by atoms with Gasteiger partial charge in [-0.1, -0.05) is 24.3 Å². The molecular formula is C13H17NO. The van der Waals surface area contributed by atoms with Crippen molar-refractivity contribution in [2.45, 2.75) is 20.8 Å². The fourth-order valence-electron chi connectivity index (χ4n) is 1.32. The van der Waals surface area contributed by atoms with Crippen LogP contribution in [-0.4, -0.2) is 5.11 Å². The van der Waals surface area contributed by atoms with Crippen molar-refractivity contribution in [1.29, 1.82) is 0 Å². The number of para-hydroxylation sites is 1. The van der Waals surface area contributed by atoms with Gasteiger partial charge in [0.25, 0.3) is 0 Å². The maximum Gasteiger partial charge on any atom is 0.123 e. The van der Waals surface area contributed by atoms with Crippen molar-refractivity contribution in [2.24, 2.45) is 5.73 Å². The summed E-state index contributed by atoms with van der Waals surface area (Å²) >= 11 is 0. The molecular weight excluding hydrogens is 186 g/mol. The summed E-state index contributed by atoms with van der Waals surface area (Å²) in [6.45, 7) is 5.78. The fourth-order valence-corrected chi connectivity index (χ4v) is 1.32. The van der Waals surface area contributed by atoms with Crippen LogP contribution >= 0.6 is 0 Å². The smallest absolute Gasteiger partial charge is 0.123 e. The fraction of sp³-hybridized carbons (Fsp3) is 0.231. The summed E-state index contributed by atoms with van der Waals surface area (Å²) < 4.78 is 0. The maximum absolute atomic E-state index is 9.64. The second kappa shape index (κ2) is 4.69. The van der Waals surface area contributed by atoms with Crippen molar-refractivity contribution < 1.29 is 5.11 Å². The van der Waals surface area contributed by atoms with Crippen molar-refractivity contribution in [1.82, 2.24) is 0 Å². The first-order valence-corrected chi connectivity index (χ1v) is 4.92. The molecule has 2 nitrogen and oxygen atoms in total. The molecule has 0 aliphatic heterocycles. The van der Waals surface area contributed by atoms with Gasteiger partial charge in [-0.2, -0.15) is 0 Å². The van der Waals surface area contributed by atoms with E-state index >= 15 is 0 Å². The minimum atomic E-state index is 0.300. The second-order valence-corrected chi connectivity index (χ2v) is 3.71. The quantitative estimate of drug-likeness (QED) is 0.726. The van der Waals surface area contributed by atoms with Crippen LogP contribution in [0.1, 0.15) is 26.3 Å². The summed E-state index contributed by atoms with van der Waals surface area (Å²) in [5.41, 5.74) is 9.35. The highest BCUT2D eigenvalue weighted by atomic mass is 16.3. The van der Waals surface area contributed by atoms with E-state index in [0.717, 1.165) is 22.4 Å². The van der Waals surface area contributed by atoms with Crippen LogP contribution in [0.3, 0.4) is 0 Å². The lowest BCUT2D eigenvalue weighted by Gasteiger charge is -2.05. The van der Waals surface area contributed by atoms with Crippen molar-refractivity contribution >= 4 is 5.57 Å². The molecule has 0 atom stereocenters. The van der Waals surface area contributed by atoms with Gasteiger partial charge in [0.1, 0.15) is 5.75 Å². The number of hydrogen-bond acceptors (Lipinski definition) is 2. The number of benzene rings is 1. The van der Waals surface area contributed by atoms with Crippen molar-refractivity contribution in [3.05, 3.63) is 47.2 Å². The molecule has 3 N–H and O–H groups in total. The summed E-state index contributed by atoms with van der Waals surface area (Å²) in [4.78, 5) is 0. The van der Waals surface area contributed by atoms with Gasteiger partial charge < -0.3 is 10.8 Å². The zero-order valence-electron chi connectivity index (χ0n) is 9.41. The molecule has 1 rings (SSSR count). The lowest BCUT2D eigenvalue weighted by atomic mass is 10.0. The molecule has 0 unspecified atom stereocenters. The number of hydrogen-bond donors (Lipinski definition) is 2. The molecule has 0 fully saturated rings. The molecule has 0 bridgehead atoms. The highest BCUT2D eigenvalue weighted by Gasteiger charge is 2.01. The third kappa shape index (κ3) is 2.88. The number of rotatable bonds is 2. The Hall–Kier alpha value is -1.70. The predicted molar refractivity (Wildman–Crippen MR) is 64.3 cm³/mol. The van der Waals surface area contributed by atoms with Crippen LogP contribution in [0.25, 0.3) is 5.57 Å². The first-order chi connectivity index (χ1) is 7.02. The molecule has 15 heavy (non-hydrogen) atoms. The largest absolute Gasteiger partial charge is 0.507 e. The number of phenols is 1. The predicted octanol–water partition coefficient (Wildman–Crippen LogP) is 3.05. The Morgan fingerprint density at radius 3 is 2.33 bits per heavy atom. The molecule has 0 saturated heterocycles. The van der Waals surface area contributed by atoms with Crippen LogP contribution < -0.4 is 5.73 Å². The van der Waals surface area contributed by atoms with Crippen LogP contribution in [0.2, 0.25) is 0 Å². The Labute approximate surface area is 90.7 Å². The van der Waals surface area contributed by atoms with Crippen molar-refractivity contribution in [3.8, 4) is 5.75 Å². The molecule has 1 aromatic rings. The number of phenolic OH excluding ortho intramolecular Hbond substituents is 1. The molecule has 0 saturated carbocycles. The highest BCUT2D eigenvalue weighted by molar-refractivity contribution is 5.70. The van der Waals surface area contributed by atoms with E-state index in [9.17, 15) is 5.11 Å². The average Bonchev–Trinajstić information content (AvgIpc) is 2.18. The highest BCUT2D eigenvalue weighted by Crippen LogP contribution is 2.25. The van der Waals surface area contributed by atoms with E-state index < -0.39 is 0 Å². The summed E-state index contributed by atoms with van der Waals surface area (Å²) in [5.74, 6) is 0.300. The molecule has 80 valence electrons. The van der Waals surface area contributed by atoms with Gasteiger partial charge in [-0.05, 0) is 38.0 Å². The lowest BCUT2D eigenvalue weighted by molar-refractivity contribution is 0.473. The Morgan fingerprint density at radius 1 is 1.20 bits per heavy atom. The van der Waals surface area contributed by atoms with E-state index in [2.05, 4.69) is 0 Å². The molecule has 0 aromatic heterocycles.